The fourth-order valence-corrected chi connectivity index (χ4v) is 4.10. The number of pyridine rings is 1. The number of aromatic nitrogens is 3. The van der Waals surface area contributed by atoms with E-state index in [0.29, 0.717) is 20.8 Å². The number of aliphatic imine (C=N–C) groups is 1. The number of fused-ring (bicyclic) bond motifs is 1. The van der Waals surface area contributed by atoms with Crippen LogP contribution in [0.15, 0.2) is 77.1 Å². The third kappa shape index (κ3) is 6.54. The third-order valence-corrected chi connectivity index (χ3v) is 6.02. The van der Waals surface area contributed by atoms with E-state index >= 15 is 0 Å². The quantitative estimate of drug-likeness (QED) is 0.270. The maximum atomic E-state index is 12.4. The second kappa shape index (κ2) is 10.8. The standard InChI is InChI=1S/C22H14ClN5OS.C2HF3O2/c23-16-5-4-15(19-11-24-12-26-19)10-18(16)27-22-28-21(29)20(30-22)9-13-3-6-17-14(8-13)2-1-7-25-17;3-2(4,5)1(6)7/h1-12H,(H,24,26)(H,27,28,29);(H,6,7). The number of rotatable bonds is 3. The second-order valence-corrected chi connectivity index (χ2v) is 8.80. The van der Waals surface area contributed by atoms with Crippen LogP contribution in [0, 0.1) is 0 Å². The Bertz CT molecular complexity index is 1540. The van der Waals surface area contributed by atoms with E-state index < -0.39 is 12.1 Å². The number of thioether (sulfide) groups is 1. The molecule has 0 spiro atoms. The largest absolute Gasteiger partial charge is 0.490 e. The van der Waals surface area contributed by atoms with E-state index in [0.717, 1.165) is 27.7 Å². The van der Waals surface area contributed by atoms with E-state index in [1.165, 1.54) is 11.8 Å². The van der Waals surface area contributed by atoms with Gasteiger partial charge in [0.25, 0.3) is 5.91 Å². The van der Waals surface area contributed by atoms with Crippen molar-refractivity contribution in [3.8, 4) is 11.3 Å². The van der Waals surface area contributed by atoms with Crippen LogP contribution in [0.2, 0.25) is 5.02 Å². The number of imidazole rings is 1. The summed E-state index contributed by atoms with van der Waals surface area (Å²) in [5, 5.41) is 12.3. The Kier molecular flexibility index (Phi) is 7.60. The van der Waals surface area contributed by atoms with Crippen LogP contribution in [0.1, 0.15) is 5.56 Å². The van der Waals surface area contributed by atoms with Gasteiger partial charge in [-0.05, 0) is 53.7 Å². The summed E-state index contributed by atoms with van der Waals surface area (Å²) >= 11 is 7.61. The molecule has 8 nitrogen and oxygen atoms in total. The first-order valence-corrected chi connectivity index (χ1v) is 11.5. The van der Waals surface area contributed by atoms with Crippen LogP contribution in [0.3, 0.4) is 0 Å². The number of carboxylic acid groups (broad SMARTS) is 1. The van der Waals surface area contributed by atoms with Gasteiger partial charge in [0.1, 0.15) is 0 Å². The predicted molar refractivity (Wildman–Crippen MR) is 136 cm³/mol. The van der Waals surface area contributed by atoms with Gasteiger partial charge >= 0.3 is 12.1 Å². The lowest BCUT2D eigenvalue weighted by Gasteiger charge is -2.08. The molecule has 0 radical (unpaired) electrons. The molecule has 0 fully saturated rings. The van der Waals surface area contributed by atoms with E-state index in [4.69, 9.17) is 21.5 Å². The molecule has 1 amide bonds. The molecule has 13 heteroatoms. The second-order valence-electron chi connectivity index (χ2n) is 7.37. The summed E-state index contributed by atoms with van der Waals surface area (Å²) in [6.45, 7) is 0. The minimum atomic E-state index is -5.08. The smallest absolute Gasteiger partial charge is 0.475 e. The molecule has 2 aromatic carbocycles. The Morgan fingerprint density at radius 1 is 1.14 bits per heavy atom. The number of benzene rings is 2. The Hall–Kier alpha value is -4.16. The molecule has 4 aromatic rings. The fraction of sp³-hybridized carbons (Fsp3) is 0.0417. The van der Waals surface area contributed by atoms with Crippen LogP contribution >= 0.6 is 23.4 Å². The average Bonchev–Trinajstić information content (AvgIpc) is 3.50. The van der Waals surface area contributed by atoms with Crippen LogP contribution in [0.5, 0.6) is 0 Å². The Morgan fingerprint density at radius 3 is 2.62 bits per heavy atom. The fourth-order valence-electron chi connectivity index (χ4n) is 3.11. The summed E-state index contributed by atoms with van der Waals surface area (Å²) in [5.41, 5.74) is 4.20. The van der Waals surface area contributed by atoms with Crippen molar-refractivity contribution < 1.29 is 27.9 Å². The number of amides is 1. The monoisotopic (exact) mass is 545 g/mol. The lowest BCUT2D eigenvalue weighted by atomic mass is 10.1. The molecule has 5 rings (SSSR count). The van der Waals surface area contributed by atoms with Crippen LogP contribution in [-0.4, -0.2) is 43.3 Å². The highest BCUT2D eigenvalue weighted by Gasteiger charge is 2.38. The van der Waals surface area contributed by atoms with E-state index in [1.807, 2.05) is 48.5 Å². The highest BCUT2D eigenvalue weighted by molar-refractivity contribution is 8.18. The average molecular weight is 546 g/mol. The number of nitrogens with one attached hydrogen (secondary N) is 2. The van der Waals surface area contributed by atoms with Crippen LogP contribution in [-0.2, 0) is 9.59 Å². The molecule has 0 aliphatic carbocycles. The topological polar surface area (TPSA) is 120 Å². The van der Waals surface area contributed by atoms with Crippen molar-refractivity contribution in [2.45, 2.75) is 6.18 Å². The molecule has 2 aromatic heterocycles. The molecule has 0 unspecified atom stereocenters. The summed E-state index contributed by atoms with van der Waals surface area (Å²) in [4.78, 5) is 37.5. The normalized spacial score (nSPS) is 14.3. The minimum Gasteiger partial charge on any atom is -0.475 e. The van der Waals surface area contributed by atoms with Gasteiger partial charge in [-0.25, -0.2) is 9.78 Å². The first kappa shape index (κ1) is 25.9. The van der Waals surface area contributed by atoms with Crippen molar-refractivity contribution >= 4 is 63.1 Å². The van der Waals surface area contributed by atoms with Gasteiger partial charge in [-0.1, -0.05) is 29.8 Å². The van der Waals surface area contributed by atoms with Gasteiger partial charge in [0, 0.05) is 23.3 Å². The van der Waals surface area contributed by atoms with Crippen molar-refractivity contribution in [3.05, 3.63) is 82.7 Å². The lowest BCUT2D eigenvalue weighted by molar-refractivity contribution is -0.192. The number of hydrogen-bond donors (Lipinski definition) is 3. The van der Waals surface area contributed by atoms with Gasteiger partial charge in [0.2, 0.25) is 0 Å². The van der Waals surface area contributed by atoms with Crippen molar-refractivity contribution in [3.63, 3.8) is 0 Å². The van der Waals surface area contributed by atoms with Gasteiger partial charge in [0.05, 0.1) is 33.2 Å². The number of nitrogens with zero attached hydrogens (tertiary/aromatic N) is 3. The number of alkyl halides is 3. The maximum absolute atomic E-state index is 12.4. The maximum Gasteiger partial charge on any atom is 0.490 e. The number of carbonyl (C=O) groups excluding carboxylic acids is 1. The van der Waals surface area contributed by atoms with E-state index in [2.05, 4.69) is 25.3 Å². The number of anilines is 1. The molecule has 1 aliphatic heterocycles. The van der Waals surface area contributed by atoms with Crippen molar-refractivity contribution in [2.75, 3.05) is 5.32 Å². The van der Waals surface area contributed by atoms with Gasteiger partial charge in [-0.3, -0.25) is 9.78 Å². The molecule has 0 atom stereocenters. The summed E-state index contributed by atoms with van der Waals surface area (Å²) in [7, 11) is 0. The molecular formula is C24H15ClF3N5O3S. The summed E-state index contributed by atoms with van der Waals surface area (Å²) in [6.07, 6.45) is 1.93. The number of carboxylic acids is 1. The zero-order chi connectivity index (χ0) is 26.6. The number of aliphatic carboxylic acids is 1. The van der Waals surface area contributed by atoms with Gasteiger partial charge in [-0.2, -0.15) is 18.2 Å². The number of aromatic amines is 1. The SMILES string of the molecule is O=C(O)C(F)(F)F.O=C1N=C(Nc2cc(-c3c[nH]cn3)ccc2Cl)SC1=Cc1ccc2ncccc2c1. The molecule has 37 heavy (non-hydrogen) atoms. The van der Waals surface area contributed by atoms with Gasteiger partial charge in [-0.15, -0.1) is 0 Å². The Balaban J connectivity index is 0.000000405. The number of amidine groups is 1. The van der Waals surface area contributed by atoms with Crippen molar-refractivity contribution in [1.82, 2.24) is 15.0 Å². The van der Waals surface area contributed by atoms with E-state index in [9.17, 15) is 18.0 Å². The molecule has 0 saturated carbocycles. The molecule has 0 bridgehead atoms. The molecule has 3 heterocycles. The number of halogens is 4. The molecule has 1 aliphatic rings. The first-order valence-electron chi connectivity index (χ1n) is 10.3. The Morgan fingerprint density at radius 2 is 1.92 bits per heavy atom. The van der Waals surface area contributed by atoms with E-state index in [1.54, 1.807) is 24.8 Å². The van der Waals surface area contributed by atoms with Crippen molar-refractivity contribution in [2.24, 2.45) is 4.99 Å². The summed E-state index contributed by atoms with van der Waals surface area (Å²) in [5.74, 6) is -3.04. The zero-order valence-electron chi connectivity index (χ0n) is 18.5. The molecule has 188 valence electrons. The van der Waals surface area contributed by atoms with Crippen LogP contribution in [0.25, 0.3) is 28.2 Å². The number of H-pyrrole nitrogens is 1. The van der Waals surface area contributed by atoms with E-state index in [-0.39, 0.29) is 5.91 Å². The van der Waals surface area contributed by atoms with Crippen LogP contribution < -0.4 is 5.32 Å². The van der Waals surface area contributed by atoms with Gasteiger partial charge in [0.15, 0.2) is 5.17 Å². The minimum absolute atomic E-state index is 0.284. The predicted octanol–water partition coefficient (Wildman–Crippen LogP) is 5.99. The highest BCUT2D eigenvalue weighted by Crippen LogP contribution is 2.33. The van der Waals surface area contributed by atoms with Gasteiger partial charge < -0.3 is 15.4 Å². The van der Waals surface area contributed by atoms with Crippen LogP contribution in [0.4, 0.5) is 18.9 Å². The highest BCUT2D eigenvalue weighted by atomic mass is 35.5. The summed E-state index contributed by atoms with van der Waals surface area (Å²) < 4.78 is 31.7. The zero-order valence-corrected chi connectivity index (χ0v) is 20.0. The lowest BCUT2D eigenvalue weighted by Crippen LogP contribution is -2.21. The third-order valence-electron chi connectivity index (χ3n) is 4.79. The van der Waals surface area contributed by atoms with Crippen molar-refractivity contribution in [1.29, 1.82) is 0 Å². The number of hydrogen-bond acceptors (Lipinski definition) is 6. The molecular weight excluding hydrogens is 531 g/mol. The number of carbonyl (C=O) groups is 2. The summed E-state index contributed by atoms with van der Waals surface area (Å²) in [6, 6.07) is 15.3. The first-order chi connectivity index (χ1) is 17.6. The molecule has 3 N–H and O–H groups in total. The Labute approximate surface area is 216 Å². The molecule has 0 saturated heterocycles.